The Hall–Kier alpha value is -1.73. The number of aromatic nitrogens is 4. The van der Waals surface area contributed by atoms with E-state index in [0.29, 0.717) is 11.5 Å². The molecule has 0 aliphatic carbocycles. The summed E-state index contributed by atoms with van der Waals surface area (Å²) in [5.41, 5.74) is 9.38. The standard InChI is InChI=1S/C14H11Br2N5/c1-8-5-9(7-10(17)6-8)14-18-19-20-21(14)13-11(15)3-2-4-12(13)16/h2-7H,17H2,1H3. The molecular formula is C14H11Br2N5. The van der Waals surface area contributed by atoms with Crippen molar-refractivity contribution in [1.29, 1.82) is 0 Å². The zero-order valence-corrected chi connectivity index (χ0v) is 14.3. The van der Waals surface area contributed by atoms with E-state index in [0.717, 1.165) is 25.8 Å². The fourth-order valence-electron chi connectivity index (χ4n) is 2.15. The van der Waals surface area contributed by atoms with Gasteiger partial charge in [0.2, 0.25) is 0 Å². The lowest BCUT2D eigenvalue weighted by atomic mass is 10.1. The smallest absolute Gasteiger partial charge is 0.187 e. The predicted molar refractivity (Wildman–Crippen MR) is 89.1 cm³/mol. The Balaban J connectivity index is 2.22. The molecule has 0 bridgehead atoms. The number of anilines is 1. The average molecular weight is 409 g/mol. The van der Waals surface area contributed by atoms with Crippen molar-refractivity contribution in [3.8, 4) is 17.1 Å². The summed E-state index contributed by atoms with van der Waals surface area (Å²) in [5.74, 6) is 0.637. The summed E-state index contributed by atoms with van der Waals surface area (Å²) in [6.45, 7) is 1.99. The van der Waals surface area contributed by atoms with Crippen LogP contribution in [-0.4, -0.2) is 20.2 Å². The van der Waals surface area contributed by atoms with Crippen LogP contribution in [0.4, 0.5) is 5.69 Å². The SMILES string of the molecule is Cc1cc(N)cc(-c2nnnn2-c2c(Br)cccc2Br)c1. The highest BCUT2D eigenvalue weighted by Gasteiger charge is 2.16. The first-order valence-corrected chi connectivity index (χ1v) is 7.75. The zero-order valence-electron chi connectivity index (χ0n) is 11.1. The Labute approximate surface area is 138 Å². The summed E-state index contributed by atoms with van der Waals surface area (Å²) in [7, 11) is 0. The topological polar surface area (TPSA) is 69.6 Å². The second kappa shape index (κ2) is 5.57. The summed E-state index contributed by atoms with van der Waals surface area (Å²) in [6, 6.07) is 11.6. The Morgan fingerprint density at radius 3 is 2.48 bits per heavy atom. The van der Waals surface area contributed by atoms with E-state index in [9.17, 15) is 0 Å². The highest BCUT2D eigenvalue weighted by atomic mass is 79.9. The fraction of sp³-hybridized carbons (Fsp3) is 0.0714. The van der Waals surface area contributed by atoms with Crippen LogP contribution in [0.1, 0.15) is 5.56 Å². The number of para-hydroxylation sites is 1. The number of tetrazole rings is 1. The van der Waals surface area contributed by atoms with Crippen molar-refractivity contribution in [2.24, 2.45) is 0 Å². The van der Waals surface area contributed by atoms with Gasteiger partial charge in [0.25, 0.3) is 0 Å². The Kier molecular flexibility index (Phi) is 3.77. The Bertz CT molecular complexity index is 772. The van der Waals surface area contributed by atoms with Crippen molar-refractivity contribution in [3.05, 3.63) is 50.9 Å². The fourth-order valence-corrected chi connectivity index (χ4v) is 3.49. The van der Waals surface area contributed by atoms with Gasteiger partial charge in [0, 0.05) is 20.2 Å². The van der Waals surface area contributed by atoms with E-state index in [1.54, 1.807) is 4.68 Å². The molecule has 0 aliphatic heterocycles. The lowest BCUT2D eigenvalue weighted by molar-refractivity contribution is 0.786. The molecule has 0 saturated heterocycles. The second-order valence-corrected chi connectivity index (χ2v) is 6.33. The molecule has 3 aromatic rings. The van der Waals surface area contributed by atoms with E-state index in [1.165, 1.54) is 0 Å². The van der Waals surface area contributed by atoms with Gasteiger partial charge in [-0.1, -0.05) is 6.07 Å². The molecule has 0 aliphatic rings. The molecule has 0 atom stereocenters. The minimum Gasteiger partial charge on any atom is -0.399 e. The van der Waals surface area contributed by atoms with Gasteiger partial charge in [0.05, 0.1) is 5.69 Å². The highest BCUT2D eigenvalue weighted by Crippen LogP contribution is 2.31. The first-order valence-electron chi connectivity index (χ1n) is 6.16. The lowest BCUT2D eigenvalue weighted by Gasteiger charge is -2.10. The molecule has 21 heavy (non-hydrogen) atoms. The molecule has 3 rings (SSSR count). The third kappa shape index (κ3) is 2.71. The number of nitrogens with two attached hydrogens (primary N) is 1. The molecule has 1 heterocycles. The number of nitrogens with zero attached hydrogens (tertiary/aromatic N) is 4. The summed E-state index contributed by atoms with van der Waals surface area (Å²) in [5, 5.41) is 12.0. The molecule has 2 aromatic carbocycles. The molecule has 0 radical (unpaired) electrons. The zero-order chi connectivity index (χ0) is 15.0. The number of rotatable bonds is 2. The minimum atomic E-state index is 0.637. The third-order valence-corrected chi connectivity index (χ3v) is 4.26. The van der Waals surface area contributed by atoms with Gasteiger partial charge < -0.3 is 5.73 Å². The molecule has 0 amide bonds. The van der Waals surface area contributed by atoms with Crippen LogP contribution < -0.4 is 5.73 Å². The van der Waals surface area contributed by atoms with Gasteiger partial charge in [-0.3, -0.25) is 0 Å². The Morgan fingerprint density at radius 1 is 1.10 bits per heavy atom. The van der Waals surface area contributed by atoms with Crippen LogP contribution >= 0.6 is 31.9 Å². The molecule has 1 aromatic heterocycles. The van der Waals surface area contributed by atoms with Crippen molar-refractivity contribution < 1.29 is 0 Å². The van der Waals surface area contributed by atoms with Crippen LogP contribution in [0, 0.1) is 6.92 Å². The minimum absolute atomic E-state index is 0.637. The lowest BCUT2D eigenvalue weighted by Crippen LogP contribution is -2.02. The molecule has 5 nitrogen and oxygen atoms in total. The Morgan fingerprint density at radius 2 is 1.81 bits per heavy atom. The van der Waals surface area contributed by atoms with Gasteiger partial charge in [-0.05, 0) is 85.1 Å². The monoisotopic (exact) mass is 407 g/mol. The maximum atomic E-state index is 5.92. The molecular weight excluding hydrogens is 398 g/mol. The maximum absolute atomic E-state index is 5.92. The summed E-state index contributed by atoms with van der Waals surface area (Å²) in [6.07, 6.45) is 0. The number of nitrogen functional groups attached to an aromatic ring is 1. The van der Waals surface area contributed by atoms with Crippen LogP contribution in [0.15, 0.2) is 45.3 Å². The van der Waals surface area contributed by atoms with Crippen molar-refractivity contribution >= 4 is 37.5 Å². The summed E-state index contributed by atoms with van der Waals surface area (Å²) >= 11 is 7.07. The van der Waals surface area contributed by atoms with Crippen LogP contribution in [-0.2, 0) is 0 Å². The average Bonchev–Trinajstić information content (AvgIpc) is 2.86. The summed E-state index contributed by atoms with van der Waals surface area (Å²) < 4.78 is 3.47. The van der Waals surface area contributed by atoms with Gasteiger partial charge in [-0.25, -0.2) is 0 Å². The quantitative estimate of drug-likeness (QED) is 0.655. The van der Waals surface area contributed by atoms with Gasteiger partial charge in [-0.2, -0.15) is 4.68 Å². The van der Waals surface area contributed by atoms with E-state index in [-0.39, 0.29) is 0 Å². The summed E-state index contributed by atoms with van der Waals surface area (Å²) in [4.78, 5) is 0. The molecule has 0 fully saturated rings. The van der Waals surface area contributed by atoms with Gasteiger partial charge in [0.1, 0.15) is 0 Å². The molecule has 0 saturated carbocycles. The van der Waals surface area contributed by atoms with E-state index < -0.39 is 0 Å². The first kappa shape index (κ1) is 14.2. The van der Waals surface area contributed by atoms with Crippen LogP contribution in [0.3, 0.4) is 0 Å². The second-order valence-electron chi connectivity index (χ2n) is 4.62. The number of hydrogen-bond acceptors (Lipinski definition) is 4. The molecule has 2 N–H and O–H groups in total. The van der Waals surface area contributed by atoms with E-state index in [2.05, 4.69) is 47.4 Å². The van der Waals surface area contributed by atoms with E-state index in [1.807, 2.05) is 43.3 Å². The van der Waals surface area contributed by atoms with Crippen molar-refractivity contribution in [3.63, 3.8) is 0 Å². The van der Waals surface area contributed by atoms with Gasteiger partial charge >= 0.3 is 0 Å². The van der Waals surface area contributed by atoms with Crippen LogP contribution in [0.5, 0.6) is 0 Å². The van der Waals surface area contributed by atoms with Gasteiger partial charge in [-0.15, -0.1) is 5.10 Å². The number of hydrogen-bond donors (Lipinski definition) is 1. The number of benzene rings is 2. The molecule has 0 unspecified atom stereocenters. The maximum Gasteiger partial charge on any atom is 0.187 e. The van der Waals surface area contributed by atoms with Crippen molar-refractivity contribution in [1.82, 2.24) is 20.2 Å². The third-order valence-electron chi connectivity index (χ3n) is 2.98. The first-order chi connectivity index (χ1) is 10.1. The number of aryl methyl sites for hydroxylation is 1. The molecule has 7 heteroatoms. The molecule has 106 valence electrons. The number of halogens is 2. The normalized spacial score (nSPS) is 10.8. The highest BCUT2D eigenvalue weighted by molar-refractivity contribution is 9.11. The van der Waals surface area contributed by atoms with Gasteiger partial charge in [0.15, 0.2) is 5.82 Å². The largest absolute Gasteiger partial charge is 0.399 e. The van der Waals surface area contributed by atoms with E-state index in [4.69, 9.17) is 5.73 Å². The van der Waals surface area contributed by atoms with Crippen molar-refractivity contribution in [2.45, 2.75) is 6.92 Å². The predicted octanol–water partition coefficient (Wildman–Crippen LogP) is 3.74. The van der Waals surface area contributed by atoms with Crippen LogP contribution in [0.25, 0.3) is 17.1 Å². The van der Waals surface area contributed by atoms with Crippen molar-refractivity contribution in [2.75, 3.05) is 5.73 Å². The molecule has 0 spiro atoms. The van der Waals surface area contributed by atoms with E-state index >= 15 is 0 Å². The van der Waals surface area contributed by atoms with Crippen LogP contribution in [0.2, 0.25) is 0 Å².